The SMILES string of the molecule is Cc1cnc(C(=O)N(Cc2ccccc2)Cc2ccccc2)cn1. The van der Waals surface area contributed by atoms with Crippen molar-refractivity contribution in [2.45, 2.75) is 20.0 Å². The minimum atomic E-state index is -0.116. The normalized spacial score (nSPS) is 10.4. The summed E-state index contributed by atoms with van der Waals surface area (Å²) in [6, 6.07) is 19.9. The zero-order chi connectivity index (χ0) is 16.8. The molecule has 3 aromatic rings. The van der Waals surface area contributed by atoms with E-state index in [9.17, 15) is 4.79 Å². The molecule has 4 nitrogen and oxygen atoms in total. The van der Waals surface area contributed by atoms with E-state index in [1.54, 1.807) is 17.3 Å². The maximum atomic E-state index is 12.9. The number of amides is 1. The summed E-state index contributed by atoms with van der Waals surface area (Å²) in [5.74, 6) is -0.116. The van der Waals surface area contributed by atoms with Gasteiger partial charge < -0.3 is 4.90 Å². The van der Waals surface area contributed by atoms with Crippen LogP contribution in [0.2, 0.25) is 0 Å². The van der Waals surface area contributed by atoms with E-state index < -0.39 is 0 Å². The molecule has 0 bridgehead atoms. The summed E-state index contributed by atoms with van der Waals surface area (Å²) >= 11 is 0. The Labute approximate surface area is 141 Å². The zero-order valence-corrected chi connectivity index (χ0v) is 13.6. The number of nitrogens with zero attached hydrogens (tertiary/aromatic N) is 3. The third-order valence-electron chi connectivity index (χ3n) is 3.72. The lowest BCUT2D eigenvalue weighted by Gasteiger charge is -2.22. The molecule has 120 valence electrons. The summed E-state index contributed by atoms with van der Waals surface area (Å²) in [6.07, 6.45) is 3.16. The maximum absolute atomic E-state index is 12.9. The van der Waals surface area contributed by atoms with Crippen molar-refractivity contribution in [1.82, 2.24) is 14.9 Å². The van der Waals surface area contributed by atoms with E-state index in [-0.39, 0.29) is 5.91 Å². The number of benzene rings is 2. The first-order valence-corrected chi connectivity index (χ1v) is 7.88. The first kappa shape index (κ1) is 15.9. The van der Waals surface area contributed by atoms with E-state index in [2.05, 4.69) is 9.97 Å². The standard InChI is InChI=1S/C20H19N3O/c1-16-12-22-19(13-21-16)20(24)23(14-17-8-4-2-5-9-17)15-18-10-6-3-7-11-18/h2-13H,14-15H2,1H3. The fraction of sp³-hybridized carbons (Fsp3) is 0.150. The Morgan fingerprint density at radius 3 is 1.83 bits per heavy atom. The van der Waals surface area contributed by atoms with Crippen LogP contribution < -0.4 is 0 Å². The Morgan fingerprint density at radius 2 is 1.38 bits per heavy atom. The fourth-order valence-corrected chi connectivity index (χ4v) is 2.47. The van der Waals surface area contributed by atoms with Gasteiger partial charge in [-0.1, -0.05) is 60.7 Å². The quantitative estimate of drug-likeness (QED) is 0.722. The number of carbonyl (C=O) groups excluding carboxylic acids is 1. The van der Waals surface area contributed by atoms with Crippen molar-refractivity contribution >= 4 is 5.91 Å². The van der Waals surface area contributed by atoms with Crippen LogP contribution in [0.15, 0.2) is 73.1 Å². The Bertz CT molecular complexity index is 745. The Morgan fingerprint density at radius 1 is 0.833 bits per heavy atom. The molecule has 4 heteroatoms. The number of aromatic nitrogens is 2. The highest BCUT2D eigenvalue weighted by Gasteiger charge is 2.18. The summed E-state index contributed by atoms with van der Waals surface area (Å²) in [5.41, 5.74) is 3.33. The van der Waals surface area contributed by atoms with E-state index in [4.69, 9.17) is 0 Å². The van der Waals surface area contributed by atoms with Crippen LogP contribution in [0, 0.1) is 6.92 Å². The van der Waals surface area contributed by atoms with E-state index >= 15 is 0 Å². The molecule has 0 aliphatic carbocycles. The predicted octanol–water partition coefficient (Wildman–Crippen LogP) is 3.63. The van der Waals surface area contributed by atoms with Gasteiger partial charge in [0.05, 0.1) is 11.9 Å². The topological polar surface area (TPSA) is 46.1 Å². The highest BCUT2D eigenvalue weighted by atomic mass is 16.2. The lowest BCUT2D eigenvalue weighted by atomic mass is 10.1. The number of hydrogen-bond acceptors (Lipinski definition) is 3. The van der Waals surface area contributed by atoms with Gasteiger partial charge in [0.1, 0.15) is 5.69 Å². The van der Waals surface area contributed by atoms with Gasteiger partial charge in [-0.05, 0) is 18.1 Å². The van der Waals surface area contributed by atoms with Crippen LogP contribution in [0.3, 0.4) is 0 Å². The molecular formula is C20H19N3O. The number of rotatable bonds is 5. The number of carbonyl (C=O) groups is 1. The maximum Gasteiger partial charge on any atom is 0.274 e. The molecule has 0 saturated heterocycles. The van der Waals surface area contributed by atoms with E-state index in [1.807, 2.05) is 67.6 Å². The fourth-order valence-electron chi connectivity index (χ4n) is 2.47. The molecule has 2 aromatic carbocycles. The molecule has 0 aliphatic rings. The highest BCUT2D eigenvalue weighted by molar-refractivity contribution is 5.91. The Hall–Kier alpha value is -3.01. The molecule has 0 atom stereocenters. The van der Waals surface area contributed by atoms with Crippen LogP contribution in [0.5, 0.6) is 0 Å². The monoisotopic (exact) mass is 317 g/mol. The second-order valence-electron chi connectivity index (χ2n) is 5.68. The summed E-state index contributed by atoms with van der Waals surface area (Å²) in [4.78, 5) is 23.1. The van der Waals surface area contributed by atoms with E-state index in [1.165, 1.54) is 0 Å². The molecule has 0 saturated carbocycles. The van der Waals surface area contributed by atoms with Crippen molar-refractivity contribution in [2.75, 3.05) is 0 Å². The van der Waals surface area contributed by atoms with Crippen molar-refractivity contribution < 1.29 is 4.79 Å². The molecule has 0 spiro atoms. The average Bonchev–Trinajstić information content (AvgIpc) is 2.63. The smallest absolute Gasteiger partial charge is 0.274 e. The molecule has 0 fully saturated rings. The summed E-state index contributed by atoms with van der Waals surface area (Å²) in [6.45, 7) is 2.92. The lowest BCUT2D eigenvalue weighted by Crippen LogP contribution is -2.31. The first-order chi connectivity index (χ1) is 11.7. The molecule has 1 amide bonds. The average molecular weight is 317 g/mol. The van der Waals surface area contributed by atoms with Gasteiger partial charge in [-0.15, -0.1) is 0 Å². The molecule has 1 heterocycles. The minimum Gasteiger partial charge on any atom is -0.329 e. The molecule has 0 N–H and O–H groups in total. The van der Waals surface area contributed by atoms with Gasteiger partial charge in [0.25, 0.3) is 5.91 Å². The molecular weight excluding hydrogens is 298 g/mol. The predicted molar refractivity (Wildman–Crippen MR) is 93.2 cm³/mol. The lowest BCUT2D eigenvalue weighted by molar-refractivity contribution is 0.0723. The van der Waals surface area contributed by atoms with Crippen molar-refractivity contribution in [3.8, 4) is 0 Å². The van der Waals surface area contributed by atoms with Gasteiger partial charge in [-0.2, -0.15) is 0 Å². The van der Waals surface area contributed by atoms with Crippen LogP contribution in [0.25, 0.3) is 0 Å². The highest BCUT2D eigenvalue weighted by Crippen LogP contribution is 2.13. The van der Waals surface area contributed by atoms with Crippen molar-refractivity contribution in [1.29, 1.82) is 0 Å². The van der Waals surface area contributed by atoms with E-state index in [0.29, 0.717) is 18.8 Å². The second kappa shape index (κ2) is 7.51. The molecule has 24 heavy (non-hydrogen) atoms. The van der Waals surface area contributed by atoms with Gasteiger partial charge in [-0.25, -0.2) is 4.98 Å². The van der Waals surface area contributed by atoms with Gasteiger partial charge >= 0.3 is 0 Å². The van der Waals surface area contributed by atoms with Gasteiger partial charge in [0, 0.05) is 19.3 Å². The Balaban J connectivity index is 1.85. The van der Waals surface area contributed by atoms with Crippen molar-refractivity contribution in [3.63, 3.8) is 0 Å². The Kier molecular flexibility index (Phi) is 4.96. The first-order valence-electron chi connectivity index (χ1n) is 7.88. The summed E-state index contributed by atoms with van der Waals surface area (Å²) in [5, 5.41) is 0. The van der Waals surface area contributed by atoms with Crippen LogP contribution in [0.1, 0.15) is 27.3 Å². The van der Waals surface area contributed by atoms with Gasteiger partial charge in [-0.3, -0.25) is 9.78 Å². The second-order valence-corrected chi connectivity index (χ2v) is 5.68. The van der Waals surface area contributed by atoms with Gasteiger partial charge in [0.15, 0.2) is 0 Å². The third-order valence-corrected chi connectivity index (χ3v) is 3.72. The van der Waals surface area contributed by atoms with Crippen LogP contribution in [-0.4, -0.2) is 20.8 Å². The van der Waals surface area contributed by atoms with Gasteiger partial charge in [0.2, 0.25) is 0 Å². The molecule has 0 aliphatic heterocycles. The summed E-state index contributed by atoms with van der Waals surface area (Å²) in [7, 11) is 0. The largest absolute Gasteiger partial charge is 0.329 e. The van der Waals surface area contributed by atoms with Crippen molar-refractivity contribution in [3.05, 3.63) is 95.6 Å². The molecule has 0 radical (unpaired) electrons. The molecule has 3 rings (SSSR count). The molecule has 1 aromatic heterocycles. The minimum absolute atomic E-state index is 0.116. The molecule has 0 unspecified atom stereocenters. The number of aryl methyl sites for hydroxylation is 1. The third kappa shape index (κ3) is 4.04. The van der Waals surface area contributed by atoms with Crippen LogP contribution >= 0.6 is 0 Å². The van der Waals surface area contributed by atoms with Crippen LogP contribution in [0.4, 0.5) is 0 Å². The van der Waals surface area contributed by atoms with Crippen LogP contribution in [-0.2, 0) is 13.1 Å². The van der Waals surface area contributed by atoms with Crippen molar-refractivity contribution in [2.24, 2.45) is 0 Å². The zero-order valence-electron chi connectivity index (χ0n) is 13.6. The number of hydrogen-bond donors (Lipinski definition) is 0. The van der Waals surface area contributed by atoms with E-state index in [0.717, 1.165) is 16.8 Å². The summed E-state index contributed by atoms with van der Waals surface area (Å²) < 4.78 is 0.